The lowest BCUT2D eigenvalue weighted by Crippen LogP contribution is -2.57. The molecule has 17 nitrogen and oxygen atoms in total. The number of rotatable bonds is 20. The molecule has 17 heteroatoms. The second-order valence-electron chi connectivity index (χ2n) is 8.54. The lowest BCUT2D eigenvalue weighted by atomic mass is 10.1. The van der Waals surface area contributed by atoms with Crippen LogP contribution in [0.15, 0.2) is 4.99 Å². The van der Waals surface area contributed by atoms with Crippen molar-refractivity contribution in [2.24, 2.45) is 39.4 Å². The Bertz CT molecular complexity index is 863. The van der Waals surface area contributed by atoms with Crippen LogP contribution in [0.5, 0.6) is 0 Å². The molecule has 0 bridgehead atoms. The van der Waals surface area contributed by atoms with Gasteiger partial charge in [0.2, 0.25) is 29.5 Å². The summed E-state index contributed by atoms with van der Waals surface area (Å²) in [6.45, 7) is 0.557. The lowest BCUT2D eigenvalue weighted by molar-refractivity contribution is -0.142. The van der Waals surface area contributed by atoms with Crippen LogP contribution in [0.2, 0.25) is 0 Å². The van der Waals surface area contributed by atoms with E-state index in [-0.39, 0.29) is 38.2 Å². The Hall–Kier alpha value is -3.99. The minimum absolute atomic E-state index is 0.0634. The molecule has 0 radical (unpaired) electrons. The first-order chi connectivity index (χ1) is 17.8. The number of nitrogens with one attached hydrogen (secondary N) is 3. The van der Waals surface area contributed by atoms with E-state index in [4.69, 9.17) is 34.4 Å². The standard InChI is InChI=1S/C21H40N10O7/c22-8-2-1-5-13(20(37)38)30-19(36)14(10-16(25)33)31-18(35)12(6-7-15(24)32)29-17(34)11(23)4-3-9-28-21(26)27/h11-14H,1-10,22-23H2,(H2,24,32)(H2,25,33)(H,29,34)(H,30,36)(H,31,35)(H,37,38)(H4,26,27,28). The number of guanidine groups is 1. The van der Waals surface area contributed by atoms with Crippen LogP contribution in [0.3, 0.4) is 0 Å². The second-order valence-corrected chi connectivity index (χ2v) is 8.54. The van der Waals surface area contributed by atoms with E-state index in [1.165, 1.54) is 0 Å². The van der Waals surface area contributed by atoms with E-state index >= 15 is 0 Å². The Morgan fingerprint density at radius 3 is 1.82 bits per heavy atom. The lowest BCUT2D eigenvalue weighted by Gasteiger charge is -2.24. The van der Waals surface area contributed by atoms with E-state index in [1.807, 2.05) is 0 Å². The second kappa shape index (κ2) is 18.3. The summed E-state index contributed by atoms with van der Waals surface area (Å²) >= 11 is 0. The largest absolute Gasteiger partial charge is 0.480 e. The van der Waals surface area contributed by atoms with Gasteiger partial charge in [0.15, 0.2) is 5.96 Å². The molecule has 4 unspecified atom stereocenters. The molecule has 0 aliphatic carbocycles. The van der Waals surface area contributed by atoms with E-state index in [2.05, 4.69) is 20.9 Å². The zero-order chi connectivity index (χ0) is 29.3. The smallest absolute Gasteiger partial charge is 0.326 e. The number of nitrogens with two attached hydrogens (primary N) is 6. The van der Waals surface area contributed by atoms with Gasteiger partial charge in [-0.25, -0.2) is 4.79 Å². The first-order valence-electron chi connectivity index (χ1n) is 12.0. The van der Waals surface area contributed by atoms with E-state index < -0.39 is 66.1 Å². The summed E-state index contributed by atoms with van der Waals surface area (Å²) < 4.78 is 0. The summed E-state index contributed by atoms with van der Waals surface area (Å²) in [7, 11) is 0. The van der Waals surface area contributed by atoms with Gasteiger partial charge in [0.05, 0.1) is 12.5 Å². The number of amides is 5. The number of carbonyl (C=O) groups excluding carboxylic acids is 5. The van der Waals surface area contributed by atoms with Crippen molar-refractivity contribution in [3.63, 3.8) is 0 Å². The quantitative estimate of drug-likeness (QED) is 0.0393. The van der Waals surface area contributed by atoms with Gasteiger partial charge in [-0.2, -0.15) is 0 Å². The van der Waals surface area contributed by atoms with E-state index in [0.717, 1.165) is 0 Å². The van der Waals surface area contributed by atoms with Crippen molar-refractivity contribution in [3.8, 4) is 0 Å². The first kappa shape index (κ1) is 34.0. The molecule has 0 spiro atoms. The van der Waals surface area contributed by atoms with Crippen molar-refractivity contribution in [1.29, 1.82) is 0 Å². The van der Waals surface area contributed by atoms with Crippen LogP contribution >= 0.6 is 0 Å². The van der Waals surface area contributed by atoms with Gasteiger partial charge < -0.3 is 55.5 Å². The summed E-state index contributed by atoms with van der Waals surface area (Å²) in [6, 6.07) is -5.27. The Balaban J connectivity index is 5.48. The minimum atomic E-state index is -1.56. The molecule has 0 aliphatic rings. The van der Waals surface area contributed by atoms with Crippen molar-refractivity contribution in [1.82, 2.24) is 16.0 Å². The molecule has 0 aromatic carbocycles. The van der Waals surface area contributed by atoms with Crippen LogP contribution in [-0.2, 0) is 28.8 Å². The molecule has 4 atom stereocenters. The molecule has 0 aromatic rings. The number of carbonyl (C=O) groups is 6. The molecule has 16 N–H and O–H groups in total. The van der Waals surface area contributed by atoms with Crippen LogP contribution in [0.4, 0.5) is 0 Å². The third-order valence-electron chi connectivity index (χ3n) is 5.22. The minimum Gasteiger partial charge on any atom is -0.480 e. The average Bonchev–Trinajstić information content (AvgIpc) is 2.82. The third-order valence-corrected chi connectivity index (χ3v) is 5.22. The molecule has 0 saturated heterocycles. The maximum atomic E-state index is 12.9. The number of carboxylic acid groups (broad SMARTS) is 1. The number of aliphatic carboxylic acids is 1. The van der Waals surface area contributed by atoms with Crippen molar-refractivity contribution in [2.75, 3.05) is 13.1 Å². The molecule has 0 aliphatic heterocycles. The molecule has 38 heavy (non-hydrogen) atoms. The molecule has 0 aromatic heterocycles. The normalized spacial score (nSPS) is 13.7. The average molecular weight is 545 g/mol. The highest BCUT2D eigenvalue weighted by Gasteiger charge is 2.31. The summed E-state index contributed by atoms with van der Waals surface area (Å²) in [4.78, 5) is 76.3. The third kappa shape index (κ3) is 15.2. The van der Waals surface area contributed by atoms with Crippen LogP contribution in [0, 0.1) is 0 Å². The Kier molecular flexibility index (Phi) is 16.4. The Labute approximate surface area is 219 Å². The first-order valence-corrected chi connectivity index (χ1v) is 12.0. The van der Waals surface area contributed by atoms with Gasteiger partial charge in [0.25, 0.3) is 0 Å². The summed E-state index contributed by atoms with van der Waals surface area (Å²) in [6.07, 6.45) is 0.332. The fraction of sp³-hybridized carbons (Fsp3) is 0.667. The van der Waals surface area contributed by atoms with Crippen molar-refractivity contribution in [3.05, 3.63) is 0 Å². The molecule has 0 heterocycles. The van der Waals surface area contributed by atoms with Gasteiger partial charge in [-0.3, -0.25) is 29.0 Å². The number of unbranched alkanes of at least 4 members (excludes halogenated alkanes) is 1. The van der Waals surface area contributed by atoms with Gasteiger partial charge in [0.1, 0.15) is 18.1 Å². The summed E-state index contributed by atoms with van der Waals surface area (Å²) in [5.74, 6) is -5.81. The fourth-order valence-corrected chi connectivity index (χ4v) is 3.19. The van der Waals surface area contributed by atoms with Gasteiger partial charge in [0, 0.05) is 13.0 Å². The molecule has 216 valence electrons. The highest BCUT2D eigenvalue weighted by Crippen LogP contribution is 2.05. The van der Waals surface area contributed by atoms with Crippen LogP contribution in [0.1, 0.15) is 51.4 Å². The molecule has 0 saturated carbocycles. The molecule has 0 rings (SSSR count). The number of carboxylic acids is 1. The number of nitrogens with zero attached hydrogens (tertiary/aromatic N) is 1. The topological polar surface area (TPSA) is 327 Å². The van der Waals surface area contributed by atoms with Gasteiger partial charge in [-0.05, 0) is 45.1 Å². The van der Waals surface area contributed by atoms with Gasteiger partial charge >= 0.3 is 5.97 Å². The highest BCUT2D eigenvalue weighted by molar-refractivity contribution is 5.96. The molecular weight excluding hydrogens is 504 g/mol. The van der Waals surface area contributed by atoms with Gasteiger partial charge in [-0.1, -0.05) is 0 Å². The van der Waals surface area contributed by atoms with Crippen LogP contribution in [-0.4, -0.2) is 83.8 Å². The van der Waals surface area contributed by atoms with Crippen molar-refractivity contribution in [2.45, 2.75) is 75.5 Å². The SMILES string of the molecule is NCCCCC(NC(=O)C(CC(N)=O)NC(=O)C(CCC(N)=O)NC(=O)C(N)CCCN=C(N)N)C(=O)O. The molecule has 0 fully saturated rings. The zero-order valence-corrected chi connectivity index (χ0v) is 21.2. The Morgan fingerprint density at radius 2 is 1.29 bits per heavy atom. The predicted molar refractivity (Wildman–Crippen MR) is 136 cm³/mol. The predicted octanol–water partition coefficient (Wildman–Crippen LogP) is -4.82. The summed E-state index contributed by atoms with van der Waals surface area (Å²) in [5, 5.41) is 16.3. The van der Waals surface area contributed by atoms with Crippen LogP contribution < -0.4 is 50.4 Å². The van der Waals surface area contributed by atoms with Crippen LogP contribution in [0.25, 0.3) is 0 Å². The fourth-order valence-electron chi connectivity index (χ4n) is 3.19. The number of hydrogen-bond acceptors (Lipinski definition) is 9. The zero-order valence-electron chi connectivity index (χ0n) is 21.2. The van der Waals surface area contributed by atoms with Crippen molar-refractivity contribution >= 4 is 41.5 Å². The molecule has 5 amide bonds. The van der Waals surface area contributed by atoms with E-state index in [0.29, 0.717) is 25.8 Å². The summed E-state index contributed by atoms with van der Waals surface area (Å²) in [5.41, 5.74) is 32.1. The number of primary amides is 2. The Morgan fingerprint density at radius 1 is 0.711 bits per heavy atom. The molecular formula is C21H40N10O7. The van der Waals surface area contributed by atoms with Gasteiger partial charge in [-0.15, -0.1) is 0 Å². The van der Waals surface area contributed by atoms with E-state index in [9.17, 15) is 33.9 Å². The van der Waals surface area contributed by atoms with E-state index in [1.54, 1.807) is 0 Å². The maximum absolute atomic E-state index is 12.9. The number of hydrogen-bond donors (Lipinski definition) is 10. The number of aliphatic imine (C=N–C) groups is 1. The van der Waals surface area contributed by atoms with Crippen molar-refractivity contribution < 1.29 is 33.9 Å². The monoisotopic (exact) mass is 544 g/mol. The maximum Gasteiger partial charge on any atom is 0.326 e. The highest BCUT2D eigenvalue weighted by atomic mass is 16.4.